The Labute approximate surface area is 192 Å². The van der Waals surface area contributed by atoms with Gasteiger partial charge in [0.05, 0.1) is 0 Å². The Kier molecular flexibility index (Phi) is 5.74. The van der Waals surface area contributed by atoms with Gasteiger partial charge in [-0.2, -0.15) is 0 Å². The molecular formula is C29H50N2. The monoisotopic (exact) mass is 426 g/mol. The number of nitrogens with zero attached hydrogens (tertiary/aromatic N) is 2. The highest BCUT2D eigenvalue weighted by Crippen LogP contribution is 2.66. The maximum atomic E-state index is 2.93. The molecule has 4 saturated carbocycles. The van der Waals surface area contributed by atoms with Gasteiger partial charge in [-0.3, -0.25) is 0 Å². The van der Waals surface area contributed by atoms with Gasteiger partial charge in [0.25, 0.3) is 0 Å². The standard InChI is InChI=1S/C29H50N2/c1-28-14-13-26-25(27(28)19-24(20-28)31-17-7-4-8-18-31)12-10-22-9-11-23(21-29(22,26)2)30-15-5-3-6-16-30/h22-27H,3-21H2,1-2H3/t22?,23?,24?,25-,26-,27+,28-,29+/m1/s1. The first-order valence-electron chi connectivity index (χ1n) is 14.5. The van der Waals surface area contributed by atoms with Crippen molar-refractivity contribution in [3.8, 4) is 0 Å². The summed E-state index contributed by atoms with van der Waals surface area (Å²) in [5, 5.41) is 0. The van der Waals surface area contributed by atoms with Crippen LogP contribution in [0.4, 0.5) is 0 Å². The second-order valence-corrected chi connectivity index (χ2v) is 13.6. The van der Waals surface area contributed by atoms with Crippen molar-refractivity contribution in [1.82, 2.24) is 9.80 Å². The van der Waals surface area contributed by atoms with E-state index >= 15 is 0 Å². The number of rotatable bonds is 2. The lowest BCUT2D eigenvalue weighted by Crippen LogP contribution is -2.56. The average molecular weight is 427 g/mol. The van der Waals surface area contributed by atoms with Crippen LogP contribution in [0.5, 0.6) is 0 Å². The number of piperidine rings is 2. The number of likely N-dealkylation sites (tertiary alicyclic amines) is 2. The highest BCUT2D eigenvalue weighted by Gasteiger charge is 2.60. The van der Waals surface area contributed by atoms with Gasteiger partial charge in [-0.05, 0) is 144 Å². The average Bonchev–Trinajstić information content (AvgIpc) is 3.17. The summed E-state index contributed by atoms with van der Waals surface area (Å²) < 4.78 is 0. The van der Waals surface area contributed by atoms with Crippen molar-refractivity contribution < 1.29 is 0 Å². The summed E-state index contributed by atoms with van der Waals surface area (Å²) in [5.41, 5.74) is 1.31. The SMILES string of the molecule is C[C@]12CC[C@@H]3[C@@H](CCC4CCC(N5CCCCC5)C[C@@]43C)[C@@H]1CC(N1CCCCC1)C2. The van der Waals surface area contributed by atoms with Crippen molar-refractivity contribution in [2.24, 2.45) is 34.5 Å². The molecule has 6 fully saturated rings. The maximum absolute atomic E-state index is 2.93. The smallest absolute Gasteiger partial charge is 0.0103 e. The normalized spacial score (nSPS) is 51.7. The van der Waals surface area contributed by atoms with Gasteiger partial charge in [-0.1, -0.05) is 26.7 Å². The summed E-state index contributed by atoms with van der Waals surface area (Å²) in [5.74, 6) is 4.16. The van der Waals surface area contributed by atoms with E-state index in [1.807, 2.05) is 0 Å². The predicted molar refractivity (Wildman–Crippen MR) is 130 cm³/mol. The first-order chi connectivity index (χ1) is 15.1. The van der Waals surface area contributed by atoms with Crippen LogP contribution in [0, 0.1) is 34.5 Å². The highest BCUT2D eigenvalue weighted by atomic mass is 15.2. The lowest BCUT2D eigenvalue weighted by Gasteiger charge is -2.61. The minimum atomic E-state index is 0.647. The van der Waals surface area contributed by atoms with Gasteiger partial charge in [-0.25, -0.2) is 0 Å². The zero-order valence-electron chi connectivity index (χ0n) is 20.8. The molecule has 6 rings (SSSR count). The molecule has 0 radical (unpaired) electrons. The minimum Gasteiger partial charge on any atom is -0.300 e. The van der Waals surface area contributed by atoms with Gasteiger partial charge < -0.3 is 9.80 Å². The van der Waals surface area contributed by atoms with Crippen LogP contribution in [0.15, 0.2) is 0 Å². The Morgan fingerprint density at radius 2 is 1.26 bits per heavy atom. The molecule has 0 aromatic rings. The van der Waals surface area contributed by atoms with Crippen molar-refractivity contribution in [3.63, 3.8) is 0 Å². The molecule has 3 unspecified atom stereocenters. The van der Waals surface area contributed by atoms with Crippen LogP contribution in [0.3, 0.4) is 0 Å². The molecule has 0 bridgehead atoms. The molecule has 8 atom stereocenters. The van der Waals surface area contributed by atoms with Gasteiger partial charge in [0.15, 0.2) is 0 Å². The Morgan fingerprint density at radius 3 is 1.97 bits per heavy atom. The first-order valence-corrected chi connectivity index (χ1v) is 14.5. The third-order valence-electron chi connectivity index (χ3n) is 12.1. The van der Waals surface area contributed by atoms with E-state index in [9.17, 15) is 0 Å². The third kappa shape index (κ3) is 3.65. The molecule has 31 heavy (non-hydrogen) atoms. The number of fused-ring (bicyclic) bond motifs is 5. The van der Waals surface area contributed by atoms with E-state index in [0.717, 1.165) is 35.8 Å². The molecule has 2 heteroatoms. The van der Waals surface area contributed by atoms with E-state index in [1.165, 1.54) is 84.0 Å². The highest BCUT2D eigenvalue weighted by molar-refractivity contribution is 5.10. The van der Waals surface area contributed by atoms with E-state index < -0.39 is 0 Å². The molecule has 176 valence electrons. The Bertz CT molecular complexity index is 635. The molecule has 0 aromatic heterocycles. The minimum absolute atomic E-state index is 0.647. The van der Waals surface area contributed by atoms with Crippen molar-refractivity contribution in [1.29, 1.82) is 0 Å². The second kappa shape index (κ2) is 8.30. The Hall–Kier alpha value is -0.0800. The molecule has 2 saturated heterocycles. The topological polar surface area (TPSA) is 6.48 Å². The summed E-state index contributed by atoms with van der Waals surface area (Å²) in [4.78, 5) is 5.87. The van der Waals surface area contributed by atoms with E-state index in [4.69, 9.17) is 0 Å². The summed E-state index contributed by atoms with van der Waals surface area (Å²) in [6.45, 7) is 11.1. The molecule has 2 nitrogen and oxygen atoms in total. The van der Waals surface area contributed by atoms with Crippen molar-refractivity contribution in [2.45, 2.75) is 122 Å². The molecule has 6 aliphatic rings. The van der Waals surface area contributed by atoms with E-state index in [0.29, 0.717) is 10.8 Å². The van der Waals surface area contributed by atoms with Crippen molar-refractivity contribution >= 4 is 0 Å². The van der Waals surface area contributed by atoms with Crippen LogP contribution in [0.1, 0.15) is 110 Å². The molecule has 4 aliphatic carbocycles. The summed E-state index contributed by atoms with van der Waals surface area (Å²) >= 11 is 0. The third-order valence-corrected chi connectivity index (χ3v) is 12.1. The van der Waals surface area contributed by atoms with Gasteiger partial charge in [0.2, 0.25) is 0 Å². The van der Waals surface area contributed by atoms with Crippen molar-refractivity contribution in [3.05, 3.63) is 0 Å². The van der Waals surface area contributed by atoms with Crippen LogP contribution in [0.25, 0.3) is 0 Å². The number of hydrogen-bond acceptors (Lipinski definition) is 2. The Balaban J connectivity index is 1.20. The second-order valence-electron chi connectivity index (χ2n) is 13.6. The van der Waals surface area contributed by atoms with Crippen LogP contribution >= 0.6 is 0 Å². The molecule has 0 spiro atoms. The van der Waals surface area contributed by atoms with Crippen molar-refractivity contribution in [2.75, 3.05) is 26.2 Å². The van der Waals surface area contributed by atoms with Crippen LogP contribution in [-0.2, 0) is 0 Å². The number of hydrogen-bond donors (Lipinski definition) is 0. The summed E-state index contributed by atoms with van der Waals surface area (Å²) in [6.07, 6.45) is 22.7. The molecule has 0 N–H and O–H groups in total. The van der Waals surface area contributed by atoms with E-state index in [-0.39, 0.29) is 0 Å². The predicted octanol–water partition coefficient (Wildman–Crippen LogP) is 6.74. The fourth-order valence-electron chi connectivity index (χ4n) is 10.5. The zero-order valence-corrected chi connectivity index (χ0v) is 20.8. The van der Waals surface area contributed by atoms with Gasteiger partial charge in [0, 0.05) is 12.1 Å². The van der Waals surface area contributed by atoms with Gasteiger partial charge in [0.1, 0.15) is 0 Å². The summed E-state index contributed by atoms with van der Waals surface area (Å²) in [7, 11) is 0. The summed E-state index contributed by atoms with van der Waals surface area (Å²) in [6, 6.07) is 1.84. The van der Waals surface area contributed by atoms with Crippen LogP contribution in [-0.4, -0.2) is 48.1 Å². The van der Waals surface area contributed by atoms with Gasteiger partial charge >= 0.3 is 0 Å². The van der Waals surface area contributed by atoms with Gasteiger partial charge in [-0.15, -0.1) is 0 Å². The van der Waals surface area contributed by atoms with Crippen LogP contribution < -0.4 is 0 Å². The molecule has 2 heterocycles. The van der Waals surface area contributed by atoms with E-state index in [2.05, 4.69) is 23.6 Å². The molecular weight excluding hydrogens is 376 g/mol. The lowest BCUT2D eigenvalue weighted by molar-refractivity contribution is -0.118. The molecule has 0 amide bonds. The molecule has 2 aliphatic heterocycles. The first kappa shape index (κ1) is 21.5. The zero-order chi connectivity index (χ0) is 21.1. The van der Waals surface area contributed by atoms with Crippen LogP contribution in [0.2, 0.25) is 0 Å². The Morgan fingerprint density at radius 1 is 0.613 bits per heavy atom. The molecule has 0 aromatic carbocycles. The van der Waals surface area contributed by atoms with E-state index in [1.54, 1.807) is 38.5 Å². The fraction of sp³-hybridized carbons (Fsp3) is 1.00. The maximum Gasteiger partial charge on any atom is 0.0103 e. The largest absolute Gasteiger partial charge is 0.300 e. The fourth-order valence-corrected chi connectivity index (χ4v) is 10.5. The quantitative estimate of drug-likeness (QED) is 0.482. The lowest BCUT2D eigenvalue weighted by atomic mass is 9.45.